The summed E-state index contributed by atoms with van der Waals surface area (Å²) in [4.78, 5) is 46.0. The van der Waals surface area contributed by atoms with Gasteiger partial charge in [0.15, 0.2) is 11.0 Å². The number of carbonyl (C=O) groups excluding carboxylic acids is 2. The van der Waals surface area contributed by atoms with Gasteiger partial charge in [-0.1, -0.05) is 72.8 Å². The second kappa shape index (κ2) is 8.49. The molecule has 2 aliphatic heterocycles. The van der Waals surface area contributed by atoms with Gasteiger partial charge in [-0.25, -0.2) is 4.39 Å². The molecule has 0 fully saturated rings. The van der Waals surface area contributed by atoms with E-state index >= 15 is 0 Å². The largest absolute Gasteiger partial charge is 0.450 e. The van der Waals surface area contributed by atoms with Gasteiger partial charge in [-0.05, 0) is 41.5 Å². The van der Waals surface area contributed by atoms with Crippen molar-refractivity contribution in [2.75, 3.05) is 4.90 Å². The van der Waals surface area contributed by atoms with E-state index in [1.54, 1.807) is 59.5 Å². The molecule has 4 aromatic carbocycles. The summed E-state index contributed by atoms with van der Waals surface area (Å²) < 4.78 is 19.7. The molecule has 0 saturated carbocycles. The molecule has 5 aromatic rings. The first-order chi connectivity index (χ1) is 19.0. The Morgan fingerprint density at radius 2 is 1.38 bits per heavy atom. The Balaban J connectivity index is 1.51. The number of hydrogen-bond acceptors (Lipinski definition) is 4. The third-order valence-corrected chi connectivity index (χ3v) is 7.58. The zero-order chi connectivity index (χ0) is 26.7. The molecular weight excluding hydrogens is 495 g/mol. The molecular formula is C32H21FN2O4. The minimum Gasteiger partial charge on any atom is -0.450 e. The number of benzene rings is 4. The van der Waals surface area contributed by atoms with Crippen molar-refractivity contribution in [1.29, 1.82) is 0 Å². The lowest BCUT2D eigenvalue weighted by molar-refractivity contribution is -0.126. The van der Waals surface area contributed by atoms with E-state index in [1.807, 2.05) is 36.4 Å². The van der Waals surface area contributed by atoms with Crippen molar-refractivity contribution < 1.29 is 18.4 Å². The molecule has 1 atom stereocenters. The third-order valence-electron chi connectivity index (χ3n) is 7.58. The van der Waals surface area contributed by atoms with Crippen molar-refractivity contribution in [3.63, 3.8) is 0 Å². The van der Waals surface area contributed by atoms with Crippen LogP contribution in [0.2, 0.25) is 0 Å². The maximum absolute atomic E-state index is 14.7. The smallest absolute Gasteiger partial charge is 0.291 e. The van der Waals surface area contributed by atoms with Gasteiger partial charge in [-0.3, -0.25) is 14.4 Å². The van der Waals surface area contributed by atoms with E-state index in [2.05, 4.69) is 0 Å². The van der Waals surface area contributed by atoms with Gasteiger partial charge in [-0.15, -0.1) is 0 Å². The van der Waals surface area contributed by atoms with Crippen molar-refractivity contribution in [2.45, 2.75) is 18.6 Å². The van der Waals surface area contributed by atoms with E-state index in [0.717, 1.165) is 5.56 Å². The maximum Gasteiger partial charge on any atom is 0.291 e. The van der Waals surface area contributed by atoms with Crippen LogP contribution in [0, 0.1) is 5.82 Å². The second-order valence-corrected chi connectivity index (χ2v) is 9.75. The van der Waals surface area contributed by atoms with Crippen LogP contribution in [-0.2, 0) is 23.4 Å². The van der Waals surface area contributed by atoms with Crippen LogP contribution in [0.3, 0.4) is 0 Å². The van der Waals surface area contributed by atoms with Gasteiger partial charge in [0.25, 0.3) is 11.8 Å². The lowest BCUT2D eigenvalue weighted by Gasteiger charge is -2.34. The normalized spacial score (nSPS) is 17.8. The van der Waals surface area contributed by atoms with Crippen LogP contribution >= 0.6 is 0 Å². The van der Waals surface area contributed by atoms with Crippen molar-refractivity contribution in [3.05, 3.63) is 147 Å². The number of carbonyl (C=O) groups is 2. The fourth-order valence-corrected chi connectivity index (χ4v) is 5.85. The summed E-state index contributed by atoms with van der Waals surface area (Å²) in [6, 6.07) is 29.2. The number of amides is 2. The number of para-hydroxylation sites is 2. The molecule has 6 nitrogen and oxygen atoms in total. The number of fused-ring (bicyclic) bond motifs is 5. The number of anilines is 1. The van der Waals surface area contributed by atoms with Crippen LogP contribution in [0.1, 0.15) is 32.8 Å². The van der Waals surface area contributed by atoms with Crippen LogP contribution in [0.25, 0.3) is 11.0 Å². The van der Waals surface area contributed by atoms with Gasteiger partial charge in [0.05, 0.1) is 23.2 Å². The molecule has 190 valence electrons. The van der Waals surface area contributed by atoms with Crippen molar-refractivity contribution in [1.82, 2.24) is 4.90 Å². The predicted octanol–water partition coefficient (Wildman–Crippen LogP) is 5.38. The van der Waals surface area contributed by atoms with E-state index in [4.69, 9.17) is 4.42 Å². The lowest BCUT2D eigenvalue weighted by atomic mass is 9.83. The molecule has 1 unspecified atom stereocenters. The number of rotatable bonds is 4. The highest BCUT2D eigenvalue weighted by Gasteiger charge is 2.64. The molecule has 2 aliphatic rings. The fourth-order valence-electron chi connectivity index (χ4n) is 5.85. The molecule has 0 bridgehead atoms. The highest BCUT2D eigenvalue weighted by molar-refractivity contribution is 6.17. The Kier molecular flexibility index (Phi) is 5.03. The summed E-state index contributed by atoms with van der Waals surface area (Å²) in [5, 5.41) is 0.298. The first-order valence-electron chi connectivity index (χ1n) is 12.6. The van der Waals surface area contributed by atoms with Crippen LogP contribution in [-0.4, -0.2) is 16.7 Å². The summed E-state index contributed by atoms with van der Waals surface area (Å²) >= 11 is 0. The monoisotopic (exact) mass is 516 g/mol. The van der Waals surface area contributed by atoms with Crippen LogP contribution in [0.15, 0.2) is 112 Å². The first-order valence-corrected chi connectivity index (χ1v) is 12.6. The minimum atomic E-state index is -1.72. The molecule has 0 N–H and O–H groups in total. The van der Waals surface area contributed by atoms with Gasteiger partial charge in [0.2, 0.25) is 5.76 Å². The van der Waals surface area contributed by atoms with Crippen LogP contribution in [0.4, 0.5) is 10.1 Å². The zero-order valence-electron chi connectivity index (χ0n) is 20.6. The predicted molar refractivity (Wildman–Crippen MR) is 144 cm³/mol. The molecule has 0 aliphatic carbocycles. The topological polar surface area (TPSA) is 70.8 Å². The summed E-state index contributed by atoms with van der Waals surface area (Å²) in [7, 11) is 0. The van der Waals surface area contributed by atoms with Gasteiger partial charge in [-0.2, -0.15) is 0 Å². The molecule has 1 spiro atoms. The number of halogens is 1. The Bertz CT molecular complexity index is 1850. The van der Waals surface area contributed by atoms with Gasteiger partial charge in [0.1, 0.15) is 11.4 Å². The SMILES string of the molecule is O=C1c2oc3ccccc3c(=O)c2C2(C(=O)N(Cc3ccc(F)cc3)c3ccccc32)N1Cc1ccccc1. The van der Waals surface area contributed by atoms with Gasteiger partial charge in [0, 0.05) is 12.1 Å². The Labute approximate surface area is 222 Å². The van der Waals surface area contributed by atoms with E-state index in [-0.39, 0.29) is 35.8 Å². The number of hydrogen-bond donors (Lipinski definition) is 0. The summed E-state index contributed by atoms with van der Waals surface area (Å²) in [5.74, 6) is -1.46. The highest BCUT2D eigenvalue weighted by atomic mass is 19.1. The molecule has 39 heavy (non-hydrogen) atoms. The molecule has 2 amide bonds. The second-order valence-electron chi connectivity index (χ2n) is 9.75. The van der Waals surface area contributed by atoms with Crippen molar-refractivity contribution >= 4 is 28.5 Å². The van der Waals surface area contributed by atoms with Crippen molar-refractivity contribution in [3.8, 4) is 0 Å². The van der Waals surface area contributed by atoms with E-state index in [0.29, 0.717) is 22.2 Å². The maximum atomic E-state index is 14.7. The fraction of sp³-hybridized carbons (Fsp3) is 0.0938. The highest BCUT2D eigenvalue weighted by Crippen LogP contribution is 2.53. The van der Waals surface area contributed by atoms with Gasteiger partial charge < -0.3 is 14.2 Å². The summed E-state index contributed by atoms with van der Waals surface area (Å²) in [6.45, 7) is 0.226. The zero-order valence-corrected chi connectivity index (χ0v) is 20.6. The average molecular weight is 517 g/mol. The Morgan fingerprint density at radius 1 is 0.718 bits per heavy atom. The van der Waals surface area contributed by atoms with E-state index < -0.39 is 22.8 Å². The molecule has 1 aromatic heterocycles. The van der Waals surface area contributed by atoms with E-state index in [1.165, 1.54) is 17.0 Å². The summed E-state index contributed by atoms with van der Waals surface area (Å²) in [6.07, 6.45) is 0. The van der Waals surface area contributed by atoms with Gasteiger partial charge >= 0.3 is 0 Å². The average Bonchev–Trinajstić information content (AvgIpc) is 3.35. The molecule has 7 heteroatoms. The molecule has 0 saturated heterocycles. The van der Waals surface area contributed by atoms with Crippen LogP contribution in [0.5, 0.6) is 0 Å². The molecule has 3 heterocycles. The summed E-state index contributed by atoms with van der Waals surface area (Å²) in [5.41, 5.74) is 0.806. The minimum absolute atomic E-state index is 0.0289. The Hall–Kier alpha value is -5.04. The third kappa shape index (κ3) is 3.23. The molecule has 0 radical (unpaired) electrons. The van der Waals surface area contributed by atoms with Crippen LogP contribution < -0.4 is 10.3 Å². The Morgan fingerprint density at radius 3 is 2.18 bits per heavy atom. The quantitative estimate of drug-likeness (QED) is 0.322. The molecule has 7 rings (SSSR count). The first kappa shape index (κ1) is 23.1. The van der Waals surface area contributed by atoms with E-state index in [9.17, 15) is 18.8 Å². The lowest BCUT2D eigenvalue weighted by Crippen LogP contribution is -2.52. The van der Waals surface area contributed by atoms with Crippen molar-refractivity contribution in [2.24, 2.45) is 0 Å². The number of nitrogens with zero attached hydrogens (tertiary/aromatic N) is 2. The standard InChI is InChI=1S/C32H21FN2O4/c33-22-16-14-21(15-17-22)18-34-25-12-6-5-11-24(25)32(31(34)38)27-28(36)23-10-4-7-13-26(23)39-29(27)30(37)35(32)19-20-8-2-1-3-9-20/h1-17H,18-19H2.